The number of aromatic nitrogens is 1. The number of nitrogens with one attached hydrogen (secondary N) is 1. The Kier molecular flexibility index (Phi) is 3.50. The van der Waals surface area contributed by atoms with Gasteiger partial charge in [-0.2, -0.15) is 0 Å². The van der Waals surface area contributed by atoms with Gasteiger partial charge in [0.1, 0.15) is 4.88 Å². The largest absolute Gasteiger partial charge is 0.476 e. The molecular weight excluding hydrogens is 276 g/mol. The molecule has 6 heteroatoms. The van der Waals surface area contributed by atoms with Gasteiger partial charge in [-0.15, -0.1) is 0 Å². The molecule has 2 aliphatic rings. The van der Waals surface area contributed by atoms with Crippen LogP contribution in [0.5, 0.6) is 0 Å². The number of carbonyl (C=O) groups excluding carboxylic acids is 1. The average molecular weight is 294 g/mol. The molecule has 20 heavy (non-hydrogen) atoms. The van der Waals surface area contributed by atoms with E-state index in [1.165, 1.54) is 32.6 Å². The number of nitrogens with zero attached hydrogens (tertiary/aromatic N) is 1. The van der Waals surface area contributed by atoms with Crippen molar-refractivity contribution in [3.05, 3.63) is 10.6 Å². The van der Waals surface area contributed by atoms with E-state index in [0.717, 1.165) is 29.7 Å². The first kappa shape index (κ1) is 13.5. The van der Waals surface area contributed by atoms with Crippen LogP contribution in [0.15, 0.2) is 0 Å². The third-order valence-corrected chi connectivity index (χ3v) is 5.66. The first-order chi connectivity index (χ1) is 9.54. The molecule has 0 radical (unpaired) electrons. The van der Waals surface area contributed by atoms with Crippen molar-refractivity contribution < 1.29 is 14.7 Å². The second-order valence-corrected chi connectivity index (χ2v) is 6.87. The van der Waals surface area contributed by atoms with Crippen LogP contribution in [0.3, 0.4) is 0 Å². The van der Waals surface area contributed by atoms with E-state index in [1.54, 1.807) is 0 Å². The van der Waals surface area contributed by atoms with Gasteiger partial charge in [0, 0.05) is 13.5 Å². The zero-order valence-electron chi connectivity index (χ0n) is 11.4. The Bertz CT molecular complexity index is 523. The number of Topliss-reactive ketones (excluding diaryl/α,β-unsaturated/α-hetero) is 1. The number of anilines is 1. The van der Waals surface area contributed by atoms with Gasteiger partial charge >= 0.3 is 5.97 Å². The summed E-state index contributed by atoms with van der Waals surface area (Å²) in [6, 6.07) is 0. The summed E-state index contributed by atoms with van der Waals surface area (Å²) in [6.45, 7) is 2.21. The number of carboxylic acids is 1. The summed E-state index contributed by atoms with van der Waals surface area (Å²) < 4.78 is 0. The number of fused-ring (bicyclic) bond motifs is 2. The van der Waals surface area contributed by atoms with Gasteiger partial charge in [-0.1, -0.05) is 17.8 Å². The molecule has 2 saturated carbocycles. The van der Waals surface area contributed by atoms with Crippen LogP contribution in [0.2, 0.25) is 0 Å². The van der Waals surface area contributed by atoms with Crippen molar-refractivity contribution in [1.29, 1.82) is 0 Å². The fraction of sp³-hybridized carbons (Fsp3) is 0.643. The molecule has 0 spiro atoms. The van der Waals surface area contributed by atoms with Gasteiger partial charge in [-0.3, -0.25) is 4.79 Å². The monoisotopic (exact) mass is 294 g/mol. The van der Waals surface area contributed by atoms with Crippen molar-refractivity contribution in [1.82, 2.24) is 4.98 Å². The second-order valence-electron chi connectivity index (χ2n) is 5.87. The lowest BCUT2D eigenvalue weighted by Gasteiger charge is -2.21. The molecule has 0 saturated heterocycles. The number of carbonyl (C=O) groups is 2. The molecule has 0 aromatic carbocycles. The Morgan fingerprint density at radius 3 is 2.70 bits per heavy atom. The average Bonchev–Trinajstić information content (AvgIpc) is 3.10. The molecule has 3 atom stereocenters. The zero-order chi connectivity index (χ0) is 14.3. The van der Waals surface area contributed by atoms with Gasteiger partial charge in [0.05, 0.1) is 0 Å². The number of ketones is 1. The molecule has 3 rings (SSSR count). The van der Waals surface area contributed by atoms with E-state index >= 15 is 0 Å². The molecular formula is C14H18N2O3S. The summed E-state index contributed by atoms with van der Waals surface area (Å²) >= 11 is 1.15. The van der Waals surface area contributed by atoms with Gasteiger partial charge in [-0.25, -0.2) is 9.78 Å². The number of thiazole rings is 1. The summed E-state index contributed by atoms with van der Waals surface area (Å²) in [6.07, 6.45) is 5.32. The smallest absolute Gasteiger partial charge is 0.356 e. The van der Waals surface area contributed by atoms with Crippen molar-refractivity contribution in [2.75, 3.05) is 11.9 Å². The van der Waals surface area contributed by atoms with E-state index in [2.05, 4.69) is 10.3 Å². The maximum atomic E-state index is 11.4. The Morgan fingerprint density at radius 2 is 2.20 bits per heavy atom. The normalized spacial score (nSPS) is 27.8. The fourth-order valence-corrected chi connectivity index (χ4v) is 4.48. The number of carboxylic acid groups (broad SMARTS) is 1. The number of aromatic carboxylic acids is 1. The molecule has 2 bridgehead atoms. The highest BCUT2D eigenvalue weighted by Gasteiger charge is 2.39. The molecule has 2 fully saturated rings. The molecule has 0 amide bonds. The minimum atomic E-state index is -1.14. The maximum absolute atomic E-state index is 11.4. The molecule has 5 nitrogen and oxygen atoms in total. The van der Waals surface area contributed by atoms with E-state index in [0.29, 0.717) is 11.0 Å². The van der Waals surface area contributed by atoms with Crippen LogP contribution in [0.1, 0.15) is 52.8 Å². The van der Waals surface area contributed by atoms with E-state index in [9.17, 15) is 9.59 Å². The number of hydrogen-bond donors (Lipinski definition) is 2. The first-order valence-corrected chi connectivity index (χ1v) is 7.85. The van der Waals surface area contributed by atoms with E-state index in [1.807, 2.05) is 0 Å². The van der Waals surface area contributed by atoms with Crippen molar-refractivity contribution in [3.8, 4) is 0 Å². The molecule has 1 heterocycles. The van der Waals surface area contributed by atoms with Crippen molar-refractivity contribution in [2.24, 2.45) is 17.8 Å². The third-order valence-electron chi connectivity index (χ3n) is 4.55. The van der Waals surface area contributed by atoms with Gasteiger partial charge in [-0.05, 0) is 37.0 Å². The van der Waals surface area contributed by atoms with Gasteiger partial charge < -0.3 is 10.4 Å². The molecule has 3 unspecified atom stereocenters. The van der Waals surface area contributed by atoms with Gasteiger partial charge in [0.2, 0.25) is 0 Å². The summed E-state index contributed by atoms with van der Waals surface area (Å²) in [4.78, 5) is 26.8. The minimum Gasteiger partial charge on any atom is -0.476 e. The van der Waals surface area contributed by atoms with Crippen LogP contribution in [0.25, 0.3) is 0 Å². The standard InChI is InChI=1S/C14H18N2O3S/c1-7(17)12-11(13(18)19)16-14(20-12)15-6-10-5-8-2-3-9(10)4-8/h8-10H,2-6H2,1H3,(H,15,16)(H,18,19). The van der Waals surface area contributed by atoms with Crippen LogP contribution >= 0.6 is 11.3 Å². The predicted molar refractivity (Wildman–Crippen MR) is 76.5 cm³/mol. The summed E-state index contributed by atoms with van der Waals surface area (Å²) in [7, 11) is 0. The highest BCUT2D eigenvalue weighted by molar-refractivity contribution is 7.17. The lowest BCUT2D eigenvalue weighted by Crippen LogP contribution is -2.20. The third kappa shape index (κ3) is 2.44. The Balaban J connectivity index is 1.67. The van der Waals surface area contributed by atoms with E-state index in [-0.39, 0.29) is 16.4 Å². The molecule has 108 valence electrons. The fourth-order valence-electron chi connectivity index (χ4n) is 3.62. The Morgan fingerprint density at radius 1 is 1.40 bits per heavy atom. The van der Waals surface area contributed by atoms with Gasteiger partial charge in [0.25, 0.3) is 0 Å². The Labute approximate surface area is 121 Å². The van der Waals surface area contributed by atoms with Crippen LogP contribution in [0.4, 0.5) is 5.13 Å². The molecule has 1 aromatic rings. The van der Waals surface area contributed by atoms with Crippen molar-refractivity contribution in [3.63, 3.8) is 0 Å². The van der Waals surface area contributed by atoms with Crippen LogP contribution in [-0.2, 0) is 0 Å². The van der Waals surface area contributed by atoms with Crippen LogP contribution in [-0.4, -0.2) is 28.4 Å². The number of hydrogen-bond acceptors (Lipinski definition) is 5. The van der Waals surface area contributed by atoms with E-state index < -0.39 is 5.97 Å². The molecule has 1 aromatic heterocycles. The molecule has 2 N–H and O–H groups in total. The topological polar surface area (TPSA) is 79.3 Å². The van der Waals surface area contributed by atoms with Crippen molar-refractivity contribution in [2.45, 2.75) is 32.6 Å². The second kappa shape index (κ2) is 5.16. The lowest BCUT2D eigenvalue weighted by molar-refractivity contribution is 0.0687. The molecule has 0 aliphatic heterocycles. The maximum Gasteiger partial charge on any atom is 0.356 e. The van der Waals surface area contributed by atoms with Gasteiger partial charge in [0.15, 0.2) is 16.6 Å². The summed E-state index contributed by atoms with van der Waals surface area (Å²) in [5.41, 5.74) is -0.127. The Hall–Kier alpha value is -1.43. The number of rotatable bonds is 5. The highest BCUT2D eigenvalue weighted by atomic mass is 32.1. The van der Waals surface area contributed by atoms with Crippen molar-refractivity contribution >= 4 is 28.2 Å². The summed E-state index contributed by atoms with van der Waals surface area (Å²) in [5.74, 6) is 1.00. The summed E-state index contributed by atoms with van der Waals surface area (Å²) in [5, 5.41) is 12.8. The zero-order valence-corrected chi connectivity index (χ0v) is 12.2. The van der Waals surface area contributed by atoms with Crippen LogP contribution < -0.4 is 5.32 Å². The quantitative estimate of drug-likeness (QED) is 0.816. The van der Waals surface area contributed by atoms with Crippen LogP contribution in [0, 0.1) is 17.8 Å². The van der Waals surface area contributed by atoms with E-state index in [4.69, 9.17) is 5.11 Å². The lowest BCUT2D eigenvalue weighted by atomic mass is 9.89. The predicted octanol–water partition coefficient (Wildman–Crippen LogP) is 2.89. The SMILES string of the molecule is CC(=O)c1sc(NCC2CC3CCC2C3)nc1C(=O)O. The first-order valence-electron chi connectivity index (χ1n) is 7.03. The minimum absolute atomic E-state index is 0.127. The molecule has 2 aliphatic carbocycles. The highest BCUT2D eigenvalue weighted by Crippen LogP contribution is 2.48.